The number of para-hydroxylation sites is 1. The van der Waals surface area contributed by atoms with E-state index in [0.29, 0.717) is 22.1 Å². The van der Waals surface area contributed by atoms with Gasteiger partial charge in [-0.1, -0.05) is 30.3 Å². The zero-order valence-corrected chi connectivity index (χ0v) is 15.8. The van der Waals surface area contributed by atoms with Gasteiger partial charge in [0.15, 0.2) is 0 Å². The zero-order chi connectivity index (χ0) is 20.5. The smallest absolute Gasteiger partial charge is 0.327 e. The number of halogens is 1. The number of nitrogens with zero attached hydrogens (tertiary/aromatic N) is 1. The van der Waals surface area contributed by atoms with E-state index in [-0.39, 0.29) is 12.1 Å². The summed E-state index contributed by atoms with van der Waals surface area (Å²) >= 11 is -2.85. The number of aliphatic carboxylic acids is 1. The Bertz CT molecular complexity index is 1220. The van der Waals surface area contributed by atoms with Crippen LogP contribution in [0.25, 0.3) is 21.9 Å². The second-order valence-corrected chi connectivity index (χ2v) is 7.33. The van der Waals surface area contributed by atoms with Crippen molar-refractivity contribution in [1.82, 2.24) is 0 Å². The van der Waals surface area contributed by atoms with Gasteiger partial charge in [0.2, 0.25) is 0 Å². The number of anilines is 1. The van der Waals surface area contributed by atoms with Gasteiger partial charge in [0.05, 0.1) is 5.69 Å². The molecule has 0 radical (unpaired) electrons. The van der Waals surface area contributed by atoms with Crippen molar-refractivity contribution in [1.29, 1.82) is 0 Å². The van der Waals surface area contributed by atoms with Gasteiger partial charge in [-0.05, 0) is 42.0 Å². The van der Waals surface area contributed by atoms with Gasteiger partial charge < -0.3 is 14.1 Å². The fourth-order valence-corrected chi connectivity index (χ4v) is 3.99. The van der Waals surface area contributed by atoms with Gasteiger partial charge in [-0.25, -0.2) is 9.18 Å². The molecule has 0 saturated carbocycles. The largest absolute Gasteiger partial charge is 0.755 e. The van der Waals surface area contributed by atoms with Crippen molar-refractivity contribution >= 4 is 44.9 Å². The highest BCUT2D eigenvalue weighted by atomic mass is 32.2. The minimum Gasteiger partial charge on any atom is -0.755 e. The Morgan fingerprint density at radius 3 is 2.45 bits per heavy atom. The molecule has 0 fully saturated rings. The zero-order valence-electron chi connectivity index (χ0n) is 14.9. The molecule has 0 bridgehead atoms. The average molecular weight is 412 g/mol. The highest BCUT2D eigenvalue weighted by molar-refractivity contribution is 7.80. The maximum absolute atomic E-state index is 13.1. The number of furan rings is 1. The van der Waals surface area contributed by atoms with E-state index in [9.17, 15) is 23.1 Å². The number of fused-ring (bicyclic) bond motifs is 3. The second kappa shape index (κ2) is 7.65. The number of benzene rings is 3. The standard InChI is InChI=1S/C21H16FNO5S/c22-14-7-5-13(6-8-14)11-18(21(24)25)23(29(26)27)15-9-10-20-17(12-15)16-3-1-2-4-19(16)28-20/h1-10,12,18H,11H2,(H,24,25)(H,26,27)/p-1. The molecule has 1 aromatic heterocycles. The monoisotopic (exact) mass is 412 g/mol. The summed E-state index contributed by atoms with van der Waals surface area (Å²) in [6.45, 7) is 0. The van der Waals surface area contributed by atoms with Crippen LogP contribution in [0.3, 0.4) is 0 Å². The number of carboxylic acids is 1. The lowest BCUT2D eigenvalue weighted by Crippen LogP contribution is -2.44. The molecular weight excluding hydrogens is 397 g/mol. The van der Waals surface area contributed by atoms with Crippen LogP contribution in [0.4, 0.5) is 10.1 Å². The summed E-state index contributed by atoms with van der Waals surface area (Å²) in [6, 6.07) is 15.9. The fourth-order valence-electron chi connectivity index (χ4n) is 3.34. The maximum atomic E-state index is 13.1. The molecule has 0 aliphatic carbocycles. The van der Waals surface area contributed by atoms with Gasteiger partial charge in [-0.3, -0.25) is 8.51 Å². The van der Waals surface area contributed by atoms with Gasteiger partial charge in [-0.2, -0.15) is 0 Å². The van der Waals surface area contributed by atoms with Gasteiger partial charge in [0, 0.05) is 28.5 Å². The summed E-state index contributed by atoms with van der Waals surface area (Å²) in [5.74, 6) is -1.77. The third kappa shape index (κ3) is 3.72. The van der Waals surface area contributed by atoms with Crippen LogP contribution in [-0.4, -0.2) is 25.9 Å². The number of hydrogen-bond acceptors (Lipinski definition) is 4. The van der Waals surface area contributed by atoms with E-state index >= 15 is 0 Å². The van der Waals surface area contributed by atoms with Gasteiger partial charge in [0.1, 0.15) is 23.0 Å². The molecule has 0 amide bonds. The molecule has 148 valence electrons. The van der Waals surface area contributed by atoms with Crippen molar-refractivity contribution in [3.8, 4) is 0 Å². The minimum absolute atomic E-state index is 0.117. The Morgan fingerprint density at radius 2 is 1.76 bits per heavy atom. The summed E-state index contributed by atoms with van der Waals surface area (Å²) in [7, 11) is 0. The van der Waals surface area contributed by atoms with Gasteiger partial charge >= 0.3 is 5.97 Å². The molecule has 29 heavy (non-hydrogen) atoms. The first-order chi connectivity index (χ1) is 13.9. The third-order valence-electron chi connectivity index (χ3n) is 4.69. The van der Waals surface area contributed by atoms with E-state index in [1.165, 1.54) is 30.3 Å². The number of carboxylic acid groups (broad SMARTS) is 1. The summed E-state index contributed by atoms with van der Waals surface area (Å²) in [5.41, 5.74) is 1.92. The number of rotatable bonds is 6. The first-order valence-corrected chi connectivity index (χ1v) is 9.74. The average Bonchev–Trinajstić information content (AvgIpc) is 3.07. The SMILES string of the molecule is O=C(O)C(Cc1ccc(F)cc1)N(c1ccc2oc3ccccc3c2c1)S(=O)[O-]. The summed E-state index contributed by atoms with van der Waals surface area (Å²) < 4.78 is 43.7. The Morgan fingerprint density at radius 1 is 1.07 bits per heavy atom. The van der Waals surface area contributed by atoms with Crippen LogP contribution in [0.2, 0.25) is 0 Å². The quantitative estimate of drug-likeness (QED) is 0.483. The molecule has 0 saturated heterocycles. The summed E-state index contributed by atoms with van der Waals surface area (Å²) in [6.07, 6.45) is -0.117. The van der Waals surface area contributed by atoms with Crippen LogP contribution in [0.15, 0.2) is 71.1 Å². The summed E-state index contributed by atoms with van der Waals surface area (Å²) in [5, 5.41) is 11.2. The Labute approximate surface area is 167 Å². The van der Waals surface area contributed by atoms with Crippen molar-refractivity contribution in [3.63, 3.8) is 0 Å². The molecule has 0 aliphatic rings. The summed E-state index contributed by atoms with van der Waals surface area (Å²) in [4.78, 5) is 11.9. The van der Waals surface area contributed by atoms with Crippen LogP contribution in [0.5, 0.6) is 0 Å². The second-order valence-electron chi connectivity index (χ2n) is 6.51. The van der Waals surface area contributed by atoms with E-state index < -0.39 is 29.1 Å². The molecule has 2 atom stereocenters. The molecule has 1 heterocycles. The minimum atomic E-state index is -2.85. The van der Waals surface area contributed by atoms with Crippen molar-refractivity contribution < 1.29 is 27.5 Å². The molecule has 3 aromatic carbocycles. The molecule has 4 aromatic rings. The third-order valence-corrected chi connectivity index (χ3v) is 5.47. The van der Waals surface area contributed by atoms with Crippen LogP contribution in [-0.2, 0) is 22.5 Å². The molecule has 6 nitrogen and oxygen atoms in total. The van der Waals surface area contributed by atoms with E-state index in [2.05, 4.69) is 0 Å². The van der Waals surface area contributed by atoms with E-state index in [1.54, 1.807) is 18.2 Å². The Hall–Kier alpha value is -3.23. The molecule has 0 aliphatic heterocycles. The predicted molar refractivity (Wildman–Crippen MR) is 107 cm³/mol. The van der Waals surface area contributed by atoms with Crippen molar-refractivity contribution in [2.24, 2.45) is 0 Å². The fraction of sp³-hybridized carbons (Fsp3) is 0.0952. The topological polar surface area (TPSA) is 93.8 Å². The Balaban J connectivity index is 1.78. The predicted octanol–water partition coefficient (Wildman–Crippen LogP) is 4.02. The van der Waals surface area contributed by atoms with Crippen LogP contribution in [0.1, 0.15) is 5.56 Å². The van der Waals surface area contributed by atoms with Crippen LogP contribution in [0, 0.1) is 5.82 Å². The lowest BCUT2D eigenvalue weighted by Gasteiger charge is -2.32. The maximum Gasteiger partial charge on any atom is 0.327 e. The van der Waals surface area contributed by atoms with Gasteiger partial charge in [0.25, 0.3) is 0 Å². The number of hydrogen-bond donors (Lipinski definition) is 1. The van der Waals surface area contributed by atoms with E-state index in [4.69, 9.17) is 4.42 Å². The van der Waals surface area contributed by atoms with Gasteiger partial charge in [-0.15, -0.1) is 0 Å². The lowest BCUT2D eigenvalue weighted by atomic mass is 10.1. The lowest BCUT2D eigenvalue weighted by molar-refractivity contribution is -0.138. The molecule has 8 heteroatoms. The molecule has 0 spiro atoms. The van der Waals surface area contributed by atoms with Crippen LogP contribution >= 0.6 is 0 Å². The van der Waals surface area contributed by atoms with E-state index in [1.807, 2.05) is 18.2 Å². The van der Waals surface area contributed by atoms with E-state index in [0.717, 1.165) is 9.69 Å². The first-order valence-electron chi connectivity index (χ1n) is 8.71. The number of carbonyl (C=O) groups is 1. The van der Waals surface area contributed by atoms with Crippen molar-refractivity contribution in [2.45, 2.75) is 12.5 Å². The molecule has 1 N–H and O–H groups in total. The molecule has 4 rings (SSSR count). The molecule has 2 unspecified atom stereocenters. The Kier molecular flexibility index (Phi) is 5.04. The first kappa shape index (κ1) is 19.1. The van der Waals surface area contributed by atoms with Crippen LogP contribution < -0.4 is 4.31 Å². The normalized spacial score (nSPS) is 13.4. The highest BCUT2D eigenvalue weighted by Gasteiger charge is 2.28. The van der Waals surface area contributed by atoms with Crippen molar-refractivity contribution in [3.05, 3.63) is 78.1 Å². The van der Waals surface area contributed by atoms with Crippen molar-refractivity contribution in [2.75, 3.05) is 4.31 Å². The molecular formula is C21H15FNO5S-. The highest BCUT2D eigenvalue weighted by Crippen LogP contribution is 2.33.